The molecule has 3 rings (SSSR count). The lowest BCUT2D eigenvalue weighted by atomic mass is 9.95. The average molecular weight is 393 g/mol. The fraction of sp³-hybridized carbons (Fsp3) is 0.312. The molecule has 4 amide bonds. The third-order valence-electron chi connectivity index (χ3n) is 3.81. The Morgan fingerprint density at radius 2 is 2.19 bits per heavy atom. The first-order valence-electron chi connectivity index (χ1n) is 8.02. The van der Waals surface area contributed by atoms with Gasteiger partial charge in [-0.1, -0.05) is 17.8 Å². The number of nitrogens with one attached hydrogen (secondary N) is 3. The Hall–Kier alpha value is -2.95. The van der Waals surface area contributed by atoms with Crippen molar-refractivity contribution in [2.75, 3.05) is 11.1 Å². The smallest absolute Gasteiger partial charge is 0.321 e. The number of nitrogens with zero attached hydrogens (tertiary/aromatic N) is 2. The Morgan fingerprint density at radius 3 is 2.93 bits per heavy atom. The van der Waals surface area contributed by atoms with Gasteiger partial charge in [-0.3, -0.25) is 14.9 Å². The van der Waals surface area contributed by atoms with E-state index in [1.54, 1.807) is 13.0 Å². The number of carbonyl (C=O) groups is 3. The molecule has 2 heterocycles. The predicted molar refractivity (Wildman–Crippen MR) is 93.4 cm³/mol. The lowest BCUT2D eigenvalue weighted by Gasteiger charge is -2.27. The molecule has 0 aliphatic carbocycles. The molecule has 1 aromatic carbocycles. The molecule has 1 aliphatic rings. The number of halogens is 1. The van der Waals surface area contributed by atoms with Crippen LogP contribution in [0.3, 0.4) is 0 Å². The van der Waals surface area contributed by atoms with E-state index >= 15 is 0 Å². The van der Waals surface area contributed by atoms with E-state index < -0.39 is 23.7 Å². The van der Waals surface area contributed by atoms with Crippen molar-refractivity contribution in [1.82, 2.24) is 20.8 Å². The van der Waals surface area contributed by atoms with E-state index in [1.807, 2.05) is 0 Å². The Balaban J connectivity index is 1.51. The first-order valence-corrected chi connectivity index (χ1v) is 9.01. The number of hydrogen-bond acceptors (Lipinski definition) is 7. The predicted octanol–water partition coefficient (Wildman–Crippen LogP) is 1.33. The summed E-state index contributed by atoms with van der Waals surface area (Å²) in [5, 5.41) is 15.2. The zero-order valence-corrected chi connectivity index (χ0v) is 15.0. The number of carbonyl (C=O) groups excluding carboxylic acids is 3. The fourth-order valence-electron chi connectivity index (χ4n) is 2.50. The van der Waals surface area contributed by atoms with E-state index in [0.29, 0.717) is 5.69 Å². The molecule has 2 unspecified atom stereocenters. The first-order chi connectivity index (χ1) is 12.9. The van der Waals surface area contributed by atoms with Crippen LogP contribution in [0.25, 0.3) is 0 Å². The Morgan fingerprint density at radius 1 is 1.37 bits per heavy atom. The van der Waals surface area contributed by atoms with Gasteiger partial charge in [0.05, 0.1) is 11.7 Å². The third-order valence-corrected chi connectivity index (χ3v) is 4.63. The van der Waals surface area contributed by atoms with Gasteiger partial charge in [-0.25, -0.2) is 9.18 Å². The van der Waals surface area contributed by atoms with Gasteiger partial charge in [0, 0.05) is 18.2 Å². The molecule has 1 aliphatic heterocycles. The number of thioether (sulfide) groups is 1. The van der Waals surface area contributed by atoms with Gasteiger partial charge >= 0.3 is 6.03 Å². The number of benzene rings is 1. The summed E-state index contributed by atoms with van der Waals surface area (Å²) in [5.74, 6) is -1.52. The van der Waals surface area contributed by atoms with Gasteiger partial charge in [0.25, 0.3) is 5.22 Å². The summed E-state index contributed by atoms with van der Waals surface area (Å²) in [4.78, 5) is 35.0. The summed E-state index contributed by atoms with van der Waals surface area (Å²) >= 11 is 1.02. The van der Waals surface area contributed by atoms with E-state index in [0.717, 1.165) is 11.8 Å². The minimum atomic E-state index is -0.533. The van der Waals surface area contributed by atoms with Crippen LogP contribution in [-0.2, 0) is 16.0 Å². The molecular formula is C16H16FN5O4S. The first kappa shape index (κ1) is 18.8. The van der Waals surface area contributed by atoms with Crippen LogP contribution >= 0.6 is 11.8 Å². The van der Waals surface area contributed by atoms with Crippen LogP contribution in [0, 0.1) is 11.7 Å². The molecule has 9 nitrogen and oxygen atoms in total. The normalized spacial score (nSPS) is 19.3. The largest absolute Gasteiger partial charge is 0.416 e. The van der Waals surface area contributed by atoms with Gasteiger partial charge < -0.3 is 15.1 Å². The number of imide groups is 1. The minimum absolute atomic E-state index is 0.00544. The van der Waals surface area contributed by atoms with Gasteiger partial charge in [0.15, 0.2) is 0 Å². The van der Waals surface area contributed by atoms with Crippen LogP contribution in [0.2, 0.25) is 0 Å². The van der Waals surface area contributed by atoms with Crippen molar-refractivity contribution in [3.63, 3.8) is 0 Å². The molecule has 142 valence electrons. The van der Waals surface area contributed by atoms with Gasteiger partial charge in [0.1, 0.15) is 5.82 Å². The van der Waals surface area contributed by atoms with Crippen LogP contribution in [0.1, 0.15) is 12.8 Å². The number of hydrogen-bond donors (Lipinski definition) is 3. The van der Waals surface area contributed by atoms with Gasteiger partial charge in [0.2, 0.25) is 17.7 Å². The maximum absolute atomic E-state index is 13.1. The van der Waals surface area contributed by atoms with Crippen molar-refractivity contribution < 1.29 is 23.2 Å². The highest BCUT2D eigenvalue weighted by atomic mass is 32.2. The minimum Gasteiger partial charge on any atom is -0.416 e. The fourth-order valence-corrected chi connectivity index (χ4v) is 3.08. The molecule has 0 radical (unpaired) electrons. The molecule has 2 aromatic rings. The summed E-state index contributed by atoms with van der Waals surface area (Å²) in [6, 6.07) is 4.66. The molecule has 1 saturated heterocycles. The molecule has 0 saturated carbocycles. The molecule has 1 fully saturated rings. The van der Waals surface area contributed by atoms with E-state index in [1.165, 1.54) is 18.2 Å². The van der Waals surface area contributed by atoms with Gasteiger partial charge in [-0.15, -0.1) is 10.2 Å². The van der Waals surface area contributed by atoms with E-state index in [9.17, 15) is 18.8 Å². The second-order valence-corrected chi connectivity index (χ2v) is 6.80. The molecule has 2 atom stereocenters. The number of amides is 4. The molecular weight excluding hydrogens is 377 g/mol. The van der Waals surface area contributed by atoms with Gasteiger partial charge in [-0.05, 0) is 25.1 Å². The highest BCUT2D eigenvalue weighted by Gasteiger charge is 2.34. The maximum atomic E-state index is 13.1. The number of urea groups is 1. The number of rotatable bonds is 6. The summed E-state index contributed by atoms with van der Waals surface area (Å²) in [6.07, 6.45) is 0.163. The van der Waals surface area contributed by atoms with Crippen molar-refractivity contribution in [1.29, 1.82) is 0 Å². The topological polar surface area (TPSA) is 126 Å². The summed E-state index contributed by atoms with van der Waals surface area (Å²) in [5.41, 5.74) is 0.353. The lowest BCUT2D eigenvalue weighted by Crippen LogP contribution is -2.57. The van der Waals surface area contributed by atoms with Crippen molar-refractivity contribution in [2.45, 2.75) is 24.6 Å². The van der Waals surface area contributed by atoms with Crippen molar-refractivity contribution in [3.8, 4) is 0 Å². The Labute approximate surface area is 157 Å². The van der Waals surface area contributed by atoms with Gasteiger partial charge in [-0.2, -0.15) is 0 Å². The van der Waals surface area contributed by atoms with Crippen LogP contribution in [0.4, 0.5) is 14.9 Å². The summed E-state index contributed by atoms with van der Waals surface area (Å²) in [7, 11) is 0. The highest BCUT2D eigenvalue weighted by molar-refractivity contribution is 7.99. The van der Waals surface area contributed by atoms with Crippen LogP contribution < -0.4 is 16.0 Å². The van der Waals surface area contributed by atoms with E-state index in [4.69, 9.17) is 4.42 Å². The lowest BCUT2D eigenvalue weighted by molar-refractivity contribution is -0.125. The molecule has 1 aromatic heterocycles. The molecule has 27 heavy (non-hydrogen) atoms. The molecule has 0 spiro atoms. The quantitative estimate of drug-likeness (QED) is 0.632. The SMILES string of the molecule is CC1NC(=O)NC(=O)C1Cc1nnc(SCC(=O)Nc2cccc(F)c2)o1. The standard InChI is InChI=1S/C16H16FN5O4S/c1-8-11(14(24)20-15(25)18-8)6-13-21-22-16(26-13)27-7-12(23)19-10-4-2-3-9(17)5-10/h2-5,8,11H,6-7H2,1H3,(H,19,23)(H2,18,20,24,25). The monoisotopic (exact) mass is 393 g/mol. The second kappa shape index (κ2) is 8.16. The van der Waals surface area contributed by atoms with E-state index in [-0.39, 0.29) is 35.2 Å². The maximum Gasteiger partial charge on any atom is 0.321 e. The van der Waals surface area contributed by atoms with E-state index in [2.05, 4.69) is 26.1 Å². The van der Waals surface area contributed by atoms with Crippen molar-refractivity contribution >= 4 is 35.3 Å². The van der Waals surface area contributed by atoms with Crippen LogP contribution in [-0.4, -0.2) is 39.8 Å². The number of anilines is 1. The van der Waals surface area contributed by atoms with Crippen molar-refractivity contribution in [3.05, 3.63) is 36.0 Å². The van der Waals surface area contributed by atoms with Crippen LogP contribution in [0.15, 0.2) is 33.9 Å². The molecule has 11 heteroatoms. The number of aromatic nitrogens is 2. The third kappa shape index (κ3) is 5.03. The zero-order chi connectivity index (χ0) is 19.4. The Bertz CT molecular complexity index is 874. The van der Waals surface area contributed by atoms with Crippen LogP contribution in [0.5, 0.6) is 0 Å². The zero-order valence-electron chi connectivity index (χ0n) is 14.2. The highest BCUT2D eigenvalue weighted by Crippen LogP contribution is 2.20. The second-order valence-electron chi connectivity index (χ2n) is 5.87. The summed E-state index contributed by atoms with van der Waals surface area (Å²) < 4.78 is 18.5. The molecule has 3 N–H and O–H groups in total. The molecule has 0 bridgehead atoms. The summed E-state index contributed by atoms with van der Waals surface area (Å²) in [6.45, 7) is 1.71. The average Bonchev–Trinajstić information content (AvgIpc) is 3.04. The van der Waals surface area contributed by atoms with Crippen molar-refractivity contribution in [2.24, 2.45) is 5.92 Å². The Kier molecular flexibility index (Phi) is 5.69.